The summed E-state index contributed by atoms with van der Waals surface area (Å²) in [6, 6.07) is 1.52. The van der Waals surface area contributed by atoms with Crippen LogP contribution < -0.4 is 5.43 Å². The van der Waals surface area contributed by atoms with E-state index in [1.807, 2.05) is 32.1 Å². The number of aryl methyl sites for hydroxylation is 1. The molecule has 0 radical (unpaired) electrons. The lowest BCUT2D eigenvalue weighted by Crippen LogP contribution is -2.07. The molecule has 0 spiro atoms. The van der Waals surface area contributed by atoms with Gasteiger partial charge in [-0.3, -0.25) is 4.79 Å². The first-order chi connectivity index (χ1) is 8.63. The Kier molecular flexibility index (Phi) is 5.12. The standard InChI is InChI=1S/C16H18O2/c1-5-8-10-14-12(4)18-16(11-15(14)17)13(7-3)9-6-2/h5-11H,1H2,2-4H3/b9-6-,10-8-,13-7+. The molecular weight excluding hydrogens is 224 g/mol. The Morgan fingerprint density at radius 1 is 1.39 bits per heavy atom. The van der Waals surface area contributed by atoms with Gasteiger partial charge in [-0.2, -0.15) is 0 Å². The lowest BCUT2D eigenvalue weighted by atomic mass is 10.1. The van der Waals surface area contributed by atoms with Crippen LogP contribution in [0.4, 0.5) is 0 Å². The molecule has 2 nitrogen and oxygen atoms in total. The van der Waals surface area contributed by atoms with Gasteiger partial charge in [-0.25, -0.2) is 0 Å². The van der Waals surface area contributed by atoms with E-state index in [0.717, 1.165) is 5.57 Å². The molecule has 0 bridgehead atoms. The third kappa shape index (κ3) is 3.20. The summed E-state index contributed by atoms with van der Waals surface area (Å²) in [7, 11) is 0. The van der Waals surface area contributed by atoms with Crippen LogP contribution in [0.25, 0.3) is 11.6 Å². The van der Waals surface area contributed by atoms with Gasteiger partial charge in [0.05, 0.1) is 5.56 Å². The minimum atomic E-state index is -0.0456. The Balaban J connectivity index is 3.34. The van der Waals surface area contributed by atoms with Crippen LogP contribution in [0, 0.1) is 6.92 Å². The minimum absolute atomic E-state index is 0.0456. The second-order valence-corrected chi connectivity index (χ2v) is 3.78. The molecule has 1 heterocycles. The van der Waals surface area contributed by atoms with Gasteiger partial charge in [-0.15, -0.1) is 0 Å². The molecule has 0 aliphatic heterocycles. The highest BCUT2D eigenvalue weighted by molar-refractivity contribution is 5.70. The van der Waals surface area contributed by atoms with E-state index >= 15 is 0 Å². The molecule has 0 aliphatic carbocycles. The van der Waals surface area contributed by atoms with Crippen LogP contribution in [0.3, 0.4) is 0 Å². The molecule has 0 saturated heterocycles. The SMILES string of the molecule is C=C/C=C\c1c(C)oc(C(/C=C\C)=C/C)cc1=O. The van der Waals surface area contributed by atoms with E-state index in [2.05, 4.69) is 6.58 Å². The highest BCUT2D eigenvalue weighted by Gasteiger charge is 2.07. The second-order valence-electron chi connectivity index (χ2n) is 3.78. The van der Waals surface area contributed by atoms with Crippen molar-refractivity contribution in [3.63, 3.8) is 0 Å². The van der Waals surface area contributed by atoms with E-state index in [0.29, 0.717) is 17.1 Å². The molecule has 0 unspecified atom stereocenters. The summed E-state index contributed by atoms with van der Waals surface area (Å²) in [5, 5.41) is 0. The number of hydrogen-bond acceptors (Lipinski definition) is 2. The van der Waals surface area contributed by atoms with Crippen molar-refractivity contribution in [3.8, 4) is 0 Å². The molecule has 0 amide bonds. The summed E-state index contributed by atoms with van der Waals surface area (Å²) in [6.07, 6.45) is 10.8. The summed E-state index contributed by atoms with van der Waals surface area (Å²) in [5.41, 5.74) is 1.42. The molecule has 0 aliphatic rings. The largest absolute Gasteiger partial charge is 0.460 e. The van der Waals surface area contributed by atoms with E-state index in [1.165, 1.54) is 6.07 Å². The van der Waals surface area contributed by atoms with Crippen molar-refractivity contribution in [1.29, 1.82) is 0 Å². The van der Waals surface area contributed by atoms with Gasteiger partial charge in [0.25, 0.3) is 0 Å². The molecule has 18 heavy (non-hydrogen) atoms. The van der Waals surface area contributed by atoms with Gasteiger partial charge in [-0.05, 0) is 26.8 Å². The highest BCUT2D eigenvalue weighted by atomic mass is 16.3. The van der Waals surface area contributed by atoms with E-state index in [-0.39, 0.29) is 5.43 Å². The van der Waals surface area contributed by atoms with Crippen LogP contribution >= 0.6 is 0 Å². The second kappa shape index (κ2) is 6.60. The van der Waals surface area contributed by atoms with Crippen LogP contribution in [0.2, 0.25) is 0 Å². The molecule has 0 saturated carbocycles. The van der Waals surface area contributed by atoms with Gasteiger partial charge >= 0.3 is 0 Å². The predicted molar refractivity (Wildman–Crippen MR) is 77.4 cm³/mol. The van der Waals surface area contributed by atoms with Crippen LogP contribution in [0.1, 0.15) is 30.9 Å². The number of hydrogen-bond donors (Lipinski definition) is 0. The average molecular weight is 242 g/mol. The van der Waals surface area contributed by atoms with E-state index in [4.69, 9.17) is 4.42 Å². The fraction of sp³-hybridized carbons (Fsp3) is 0.188. The summed E-state index contributed by atoms with van der Waals surface area (Å²) in [4.78, 5) is 12.0. The minimum Gasteiger partial charge on any atom is -0.460 e. The van der Waals surface area contributed by atoms with Crippen molar-refractivity contribution in [2.45, 2.75) is 20.8 Å². The van der Waals surface area contributed by atoms with E-state index in [1.54, 1.807) is 25.2 Å². The molecule has 1 aromatic rings. The van der Waals surface area contributed by atoms with Gasteiger partial charge in [0.15, 0.2) is 5.43 Å². The molecule has 0 N–H and O–H groups in total. The first-order valence-electron chi connectivity index (χ1n) is 5.87. The Morgan fingerprint density at radius 3 is 2.61 bits per heavy atom. The van der Waals surface area contributed by atoms with Crippen molar-refractivity contribution in [2.75, 3.05) is 0 Å². The van der Waals surface area contributed by atoms with Crippen LogP contribution in [-0.4, -0.2) is 0 Å². The zero-order valence-electron chi connectivity index (χ0n) is 11.1. The molecular formula is C16H18O2. The van der Waals surface area contributed by atoms with Crippen molar-refractivity contribution in [1.82, 2.24) is 0 Å². The number of rotatable bonds is 4. The fourth-order valence-electron chi connectivity index (χ4n) is 1.63. The maximum atomic E-state index is 12.0. The zero-order valence-corrected chi connectivity index (χ0v) is 11.1. The first kappa shape index (κ1) is 14.0. The number of allylic oxidation sites excluding steroid dienone is 6. The summed E-state index contributed by atoms with van der Waals surface area (Å²) >= 11 is 0. The molecule has 0 fully saturated rings. The monoisotopic (exact) mass is 242 g/mol. The molecule has 2 heteroatoms. The lowest BCUT2D eigenvalue weighted by Gasteiger charge is -2.05. The van der Waals surface area contributed by atoms with Crippen molar-refractivity contribution in [3.05, 3.63) is 70.3 Å². The predicted octanol–water partition coefficient (Wildman–Crippen LogP) is 4.13. The van der Waals surface area contributed by atoms with Crippen molar-refractivity contribution < 1.29 is 4.42 Å². The Morgan fingerprint density at radius 2 is 2.11 bits per heavy atom. The molecule has 0 aromatic carbocycles. The smallest absolute Gasteiger partial charge is 0.192 e. The van der Waals surface area contributed by atoms with Crippen LogP contribution in [0.5, 0.6) is 0 Å². The molecule has 94 valence electrons. The third-order valence-corrected chi connectivity index (χ3v) is 2.51. The van der Waals surface area contributed by atoms with Gasteiger partial charge in [0.1, 0.15) is 11.5 Å². The summed E-state index contributed by atoms with van der Waals surface area (Å²) in [5.74, 6) is 1.20. The molecule has 0 atom stereocenters. The van der Waals surface area contributed by atoms with Gasteiger partial charge in [0.2, 0.25) is 0 Å². The van der Waals surface area contributed by atoms with Gasteiger partial charge < -0.3 is 4.42 Å². The van der Waals surface area contributed by atoms with Crippen LogP contribution in [-0.2, 0) is 0 Å². The fourth-order valence-corrected chi connectivity index (χ4v) is 1.63. The first-order valence-corrected chi connectivity index (χ1v) is 5.87. The van der Waals surface area contributed by atoms with Gasteiger partial charge in [-0.1, -0.05) is 37.0 Å². The Bertz CT molecular complexity index is 569. The Labute approximate surface area is 108 Å². The zero-order chi connectivity index (χ0) is 13.5. The van der Waals surface area contributed by atoms with Crippen LogP contribution in [0.15, 0.2) is 52.2 Å². The topological polar surface area (TPSA) is 30.2 Å². The van der Waals surface area contributed by atoms with Crippen molar-refractivity contribution in [2.24, 2.45) is 0 Å². The van der Waals surface area contributed by atoms with Crippen molar-refractivity contribution >= 4 is 11.6 Å². The van der Waals surface area contributed by atoms with E-state index < -0.39 is 0 Å². The maximum absolute atomic E-state index is 12.0. The summed E-state index contributed by atoms with van der Waals surface area (Å²) in [6.45, 7) is 9.21. The lowest BCUT2D eigenvalue weighted by molar-refractivity contribution is 0.501. The third-order valence-electron chi connectivity index (χ3n) is 2.51. The summed E-state index contributed by atoms with van der Waals surface area (Å²) < 4.78 is 5.69. The van der Waals surface area contributed by atoms with Gasteiger partial charge in [0, 0.05) is 11.6 Å². The Hall–Kier alpha value is -2.09. The normalized spacial score (nSPS) is 12.5. The highest BCUT2D eigenvalue weighted by Crippen LogP contribution is 2.17. The average Bonchev–Trinajstić information content (AvgIpc) is 2.34. The molecule has 1 rings (SSSR count). The molecule has 1 aromatic heterocycles. The van der Waals surface area contributed by atoms with E-state index in [9.17, 15) is 4.79 Å². The quantitative estimate of drug-likeness (QED) is 0.743. The maximum Gasteiger partial charge on any atom is 0.192 e.